The lowest BCUT2D eigenvalue weighted by molar-refractivity contribution is -0.144. The lowest BCUT2D eigenvalue weighted by atomic mass is 9.96. The summed E-state index contributed by atoms with van der Waals surface area (Å²) in [6, 6.07) is 12.5. The minimum absolute atomic E-state index is 0.0259. The van der Waals surface area contributed by atoms with Gasteiger partial charge in [0.15, 0.2) is 0 Å². The van der Waals surface area contributed by atoms with Crippen LogP contribution < -0.4 is 10.6 Å². The van der Waals surface area contributed by atoms with Crippen LogP contribution in [0.15, 0.2) is 48.5 Å². The zero-order valence-electron chi connectivity index (χ0n) is 22.6. The molecule has 1 aliphatic carbocycles. The average molecular weight is 510 g/mol. The maximum Gasteiger partial charge on any atom is 0.408 e. The van der Waals surface area contributed by atoms with E-state index in [0.29, 0.717) is 11.1 Å². The first-order valence-electron chi connectivity index (χ1n) is 12.8. The number of aryl methyl sites for hydroxylation is 1. The molecule has 0 radical (unpaired) electrons. The molecular formula is C29H39N3O5. The van der Waals surface area contributed by atoms with Crippen molar-refractivity contribution in [3.05, 3.63) is 65.2 Å². The highest BCUT2D eigenvalue weighted by atomic mass is 16.6. The van der Waals surface area contributed by atoms with Crippen molar-refractivity contribution in [2.45, 2.75) is 84.7 Å². The normalized spacial score (nSPS) is 15.0. The first kappa shape index (κ1) is 28.0. The van der Waals surface area contributed by atoms with Crippen LogP contribution in [0.3, 0.4) is 0 Å². The van der Waals surface area contributed by atoms with Gasteiger partial charge in [-0.15, -0.1) is 0 Å². The largest absolute Gasteiger partial charge is 0.507 e. The number of ether oxygens (including phenoxy) is 1. The first-order valence-corrected chi connectivity index (χ1v) is 12.8. The molecule has 0 heterocycles. The Morgan fingerprint density at radius 3 is 2.27 bits per heavy atom. The van der Waals surface area contributed by atoms with Crippen LogP contribution in [0, 0.1) is 12.8 Å². The van der Waals surface area contributed by atoms with Crippen LogP contribution in [0.1, 0.15) is 70.2 Å². The predicted molar refractivity (Wildman–Crippen MR) is 142 cm³/mol. The van der Waals surface area contributed by atoms with E-state index < -0.39 is 29.7 Å². The van der Waals surface area contributed by atoms with Crippen molar-refractivity contribution in [3.8, 4) is 5.75 Å². The van der Waals surface area contributed by atoms with Crippen molar-refractivity contribution >= 4 is 17.9 Å². The summed E-state index contributed by atoms with van der Waals surface area (Å²) in [5.74, 6) is -1.07. The van der Waals surface area contributed by atoms with Crippen molar-refractivity contribution in [1.82, 2.24) is 15.5 Å². The van der Waals surface area contributed by atoms with E-state index in [1.165, 1.54) is 4.90 Å². The van der Waals surface area contributed by atoms with E-state index >= 15 is 0 Å². The summed E-state index contributed by atoms with van der Waals surface area (Å²) in [4.78, 5) is 41.9. The molecule has 1 fully saturated rings. The van der Waals surface area contributed by atoms with E-state index in [2.05, 4.69) is 10.6 Å². The molecule has 0 saturated heterocycles. The number of hydrogen-bond donors (Lipinski definition) is 3. The SMILES string of the molecule is Cc1cccc(C(C(=O)NCc2ccccc2)N(C(=O)C(NC(=O)OC(C)(C)C)C(C)C)C2CC2)c1O. The molecule has 3 rings (SSSR count). The molecule has 0 spiro atoms. The number of aromatic hydroxyl groups is 1. The molecule has 8 nitrogen and oxygen atoms in total. The number of nitrogens with zero attached hydrogens (tertiary/aromatic N) is 1. The second kappa shape index (κ2) is 11.7. The second-order valence-corrected chi connectivity index (χ2v) is 11.0. The average Bonchev–Trinajstić information content (AvgIpc) is 3.65. The van der Waals surface area contributed by atoms with E-state index in [1.807, 2.05) is 44.2 Å². The van der Waals surface area contributed by atoms with E-state index in [9.17, 15) is 19.5 Å². The maximum atomic E-state index is 14.1. The molecule has 0 bridgehead atoms. The van der Waals surface area contributed by atoms with E-state index in [0.717, 1.165) is 18.4 Å². The number of amides is 3. The Balaban J connectivity index is 1.97. The lowest BCUT2D eigenvalue weighted by Gasteiger charge is -2.36. The Morgan fingerprint density at radius 2 is 1.70 bits per heavy atom. The summed E-state index contributed by atoms with van der Waals surface area (Å²) in [5.41, 5.74) is 1.15. The highest BCUT2D eigenvalue weighted by Crippen LogP contribution is 2.39. The van der Waals surface area contributed by atoms with Gasteiger partial charge in [0.1, 0.15) is 23.4 Å². The zero-order valence-corrected chi connectivity index (χ0v) is 22.6. The Kier molecular flexibility index (Phi) is 8.84. The molecule has 8 heteroatoms. The van der Waals surface area contributed by atoms with Crippen LogP contribution in [-0.2, 0) is 20.9 Å². The molecule has 1 aliphatic rings. The Bertz CT molecular complexity index is 1110. The van der Waals surface area contributed by atoms with Crippen LogP contribution in [0.25, 0.3) is 0 Å². The number of hydrogen-bond acceptors (Lipinski definition) is 5. The topological polar surface area (TPSA) is 108 Å². The summed E-state index contributed by atoms with van der Waals surface area (Å²) >= 11 is 0. The molecule has 2 aromatic carbocycles. The minimum Gasteiger partial charge on any atom is -0.507 e. The summed E-state index contributed by atoms with van der Waals surface area (Å²) in [6.45, 7) is 11.0. The van der Waals surface area contributed by atoms with E-state index in [-0.39, 0.29) is 30.2 Å². The van der Waals surface area contributed by atoms with Gasteiger partial charge >= 0.3 is 6.09 Å². The molecule has 0 aliphatic heterocycles. The number of phenolic OH excluding ortho intramolecular Hbond substituents is 1. The number of nitrogens with one attached hydrogen (secondary N) is 2. The van der Waals surface area contributed by atoms with Crippen molar-refractivity contribution in [2.75, 3.05) is 0 Å². The zero-order chi connectivity index (χ0) is 27.3. The number of phenols is 1. The van der Waals surface area contributed by atoms with E-state index in [1.54, 1.807) is 45.9 Å². The number of rotatable bonds is 9. The first-order chi connectivity index (χ1) is 17.4. The molecule has 2 atom stereocenters. The van der Waals surface area contributed by atoms with Crippen molar-refractivity contribution in [2.24, 2.45) is 5.92 Å². The van der Waals surface area contributed by atoms with Gasteiger partial charge in [0, 0.05) is 18.2 Å². The fraction of sp³-hybridized carbons (Fsp3) is 0.483. The lowest BCUT2D eigenvalue weighted by Crippen LogP contribution is -2.55. The maximum absolute atomic E-state index is 14.1. The number of alkyl carbamates (subject to hydrolysis) is 1. The molecule has 0 aromatic heterocycles. The van der Waals surface area contributed by atoms with E-state index in [4.69, 9.17) is 4.74 Å². The van der Waals surface area contributed by atoms with Gasteiger partial charge in [-0.2, -0.15) is 0 Å². The molecule has 2 aromatic rings. The summed E-state index contributed by atoms with van der Waals surface area (Å²) in [7, 11) is 0. The van der Waals surface area contributed by atoms with Crippen molar-refractivity contribution in [3.63, 3.8) is 0 Å². The molecule has 1 saturated carbocycles. The number of benzene rings is 2. The predicted octanol–water partition coefficient (Wildman–Crippen LogP) is 4.60. The molecule has 3 N–H and O–H groups in total. The minimum atomic E-state index is -1.06. The Labute approximate surface area is 219 Å². The standard InChI is InChI=1S/C29H39N3O5/c1-18(2)23(31-28(36)37-29(4,5)6)27(35)32(21-15-16-21)24(22-14-10-11-19(3)25(22)33)26(34)30-17-20-12-8-7-9-13-20/h7-14,18,21,23-24,33H,15-17H2,1-6H3,(H,30,34)(H,31,36). The Morgan fingerprint density at radius 1 is 1.05 bits per heavy atom. The summed E-state index contributed by atoms with van der Waals surface area (Å²) in [6.07, 6.45) is 0.773. The van der Waals surface area contributed by atoms with Crippen molar-refractivity contribution in [1.29, 1.82) is 0 Å². The second-order valence-electron chi connectivity index (χ2n) is 11.0. The number of para-hydroxylation sites is 1. The van der Waals surface area contributed by atoms with Gasteiger partial charge in [-0.3, -0.25) is 9.59 Å². The van der Waals surface area contributed by atoms with Crippen LogP contribution in [0.4, 0.5) is 4.79 Å². The van der Waals surface area contributed by atoms with Crippen LogP contribution in [0.5, 0.6) is 5.75 Å². The smallest absolute Gasteiger partial charge is 0.408 e. The van der Waals surface area contributed by atoms with Crippen LogP contribution in [-0.4, -0.2) is 45.6 Å². The van der Waals surface area contributed by atoms with Gasteiger partial charge in [0.25, 0.3) is 0 Å². The third-order valence-corrected chi connectivity index (χ3v) is 6.20. The number of carbonyl (C=O) groups is 3. The van der Waals surface area contributed by atoms with Gasteiger partial charge in [0.05, 0.1) is 0 Å². The highest BCUT2D eigenvalue weighted by molar-refractivity contribution is 5.93. The number of carbonyl (C=O) groups excluding carboxylic acids is 3. The molecular weight excluding hydrogens is 470 g/mol. The fourth-order valence-corrected chi connectivity index (χ4v) is 4.18. The molecule has 3 amide bonds. The quantitative estimate of drug-likeness (QED) is 0.458. The Hall–Kier alpha value is -3.55. The van der Waals surface area contributed by atoms with Gasteiger partial charge in [0.2, 0.25) is 11.8 Å². The van der Waals surface area contributed by atoms with Crippen LogP contribution >= 0.6 is 0 Å². The highest BCUT2D eigenvalue weighted by Gasteiger charge is 2.45. The molecule has 200 valence electrons. The van der Waals surface area contributed by atoms with Gasteiger partial charge in [-0.05, 0) is 57.6 Å². The van der Waals surface area contributed by atoms with Gasteiger partial charge < -0.3 is 25.4 Å². The van der Waals surface area contributed by atoms with Gasteiger partial charge in [-0.1, -0.05) is 62.4 Å². The third kappa shape index (κ3) is 7.47. The third-order valence-electron chi connectivity index (χ3n) is 6.20. The van der Waals surface area contributed by atoms with Crippen LogP contribution in [0.2, 0.25) is 0 Å². The van der Waals surface area contributed by atoms with Gasteiger partial charge in [-0.25, -0.2) is 4.79 Å². The molecule has 2 unspecified atom stereocenters. The van der Waals surface area contributed by atoms with Crippen molar-refractivity contribution < 1.29 is 24.2 Å². The fourth-order valence-electron chi connectivity index (χ4n) is 4.18. The monoisotopic (exact) mass is 509 g/mol. The summed E-state index contributed by atoms with van der Waals surface area (Å²) < 4.78 is 5.40. The molecule has 37 heavy (non-hydrogen) atoms. The summed E-state index contributed by atoms with van der Waals surface area (Å²) in [5, 5.41) is 16.6.